The van der Waals surface area contributed by atoms with Gasteiger partial charge in [-0.25, -0.2) is 0 Å². The van der Waals surface area contributed by atoms with Crippen LogP contribution in [0.3, 0.4) is 0 Å². The highest BCUT2D eigenvalue weighted by Gasteiger charge is 2.49. The molecule has 3 aromatic rings. The molecule has 1 nitrogen and oxygen atoms in total. The number of rotatable bonds is 13. The highest BCUT2D eigenvalue weighted by molar-refractivity contribution is 7.56. The predicted molar refractivity (Wildman–Crippen MR) is 173 cm³/mol. The Morgan fingerprint density at radius 2 is 0.730 bits per heavy atom. The summed E-state index contributed by atoms with van der Waals surface area (Å²) in [4.78, 5) is 0. The maximum Gasteiger partial charge on any atom is 0.0675 e. The molecule has 0 atom stereocenters. The maximum absolute atomic E-state index is 2.46. The lowest BCUT2D eigenvalue weighted by molar-refractivity contribution is -0.849. The molecule has 0 heterocycles. The van der Waals surface area contributed by atoms with Crippen LogP contribution in [0.15, 0.2) is 91.0 Å². The molecular weight excluding hydrogens is 461 g/mol. The van der Waals surface area contributed by atoms with Crippen LogP contribution in [0.1, 0.15) is 59.3 Å². The second kappa shape index (κ2) is 15.3. The van der Waals surface area contributed by atoms with E-state index in [0.29, 0.717) is 0 Å². The van der Waals surface area contributed by atoms with Gasteiger partial charge in [0.1, 0.15) is 0 Å². The highest BCUT2D eigenvalue weighted by atomic mass is 28.3. The highest BCUT2D eigenvalue weighted by Crippen LogP contribution is 2.36. The molecule has 0 saturated heterocycles. The van der Waals surface area contributed by atoms with Crippen LogP contribution in [0.2, 0.25) is 19.0 Å². The molecule has 0 radical (unpaired) electrons. The molecule has 0 saturated carbocycles. The fraction of sp³-hybridized carbons (Fsp3) is 0.471. The molecule has 0 aliphatic carbocycles. The van der Waals surface area contributed by atoms with E-state index >= 15 is 0 Å². The van der Waals surface area contributed by atoms with Crippen molar-refractivity contribution in [3.8, 4) is 0 Å². The van der Waals surface area contributed by atoms with Crippen molar-refractivity contribution >= 4 is 29.2 Å². The van der Waals surface area contributed by atoms with E-state index in [4.69, 9.17) is 0 Å². The van der Waals surface area contributed by atoms with Gasteiger partial charge in [0.15, 0.2) is 0 Å². The van der Waals surface area contributed by atoms with Gasteiger partial charge in [-0.05, 0) is 0 Å². The van der Waals surface area contributed by atoms with Gasteiger partial charge in [-0.2, -0.15) is 19.0 Å². The largest absolute Gasteiger partial charge is 0.333 e. The lowest BCUT2D eigenvalue weighted by Crippen LogP contribution is -2.82. The van der Waals surface area contributed by atoms with E-state index in [0.717, 1.165) is 4.48 Å². The molecule has 0 aliphatic rings. The molecule has 3 rings (SSSR count). The van der Waals surface area contributed by atoms with Crippen LogP contribution < -0.4 is 15.6 Å². The van der Waals surface area contributed by atoms with Crippen LogP contribution in [0.5, 0.6) is 0 Å². The average molecular weight is 516 g/mol. The van der Waals surface area contributed by atoms with E-state index < -0.39 is 13.7 Å². The van der Waals surface area contributed by atoms with Crippen molar-refractivity contribution in [2.24, 2.45) is 0 Å². The molecule has 0 aliphatic heterocycles. The van der Waals surface area contributed by atoms with Gasteiger partial charge in [0.2, 0.25) is 0 Å². The van der Waals surface area contributed by atoms with Gasteiger partial charge in [0.05, 0.1) is 28.2 Å². The molecule has 0 aromatic heterocycles. The molecule has 0 spiro atoms. The van der Waals surface area contributed by atoms with Crippen LogP contribution in [0, 0.1) is 0 Å². The summed E-state index contributed by atoms with van der Waals surface area (Å²) in [5, 5.41) is 4.84. The van der Waals surface area contributed by atoms with Gasteiger partial charge >= 0.3 is 0 Å². The Hall–Kier alpha value is -2.10. The van der Waals surface area contributed by atoms with Crippen molar-refractivity contribution in [2.45, 2.75) is 78.3 Å². The number of benzene rings is 3. The van der Waals surface area contributed by atoms with E-state index in [1.54, 1.807) is 15.6 Å². The van der Waals surface area contributed by atoms with Gasteiger partial charge in [-0.3, -0.25) is 0 Å². The molecule has 37 heavy (non-hydrogen) atoms. The summed E-state index contributed by atoms with van der Waals surface area (Å²) in [5.74, 6) is 0. The second-order valence-electron chi connectivity index (χ2n) is 12.5. The Morgan fingerprint density at radius 3 is 0.946 bits per heavy atom. The summed E-state index contributed by atoms with van der Waals surface area (Å²) in [6.07, 6.45) is 12.0. The summed E-state index contributed by atoms with van der Waals surface area (Å²) in [7, 11) is 6.25. The average Bonchev–Trinajstić information content (AvgIpc) is 2.90. The minimum atomic E-state index is -2.25. The zero-order chi connectivity index (χ0) is 27.2. The fourth-order valence-electron chi connectivity index (χ4n) is 6.53. The van der Waals surface area contributed by atoms with Crippen molar-refractivity contribution in [1.82, 2.24) is 0 Å². The van der Waals surface area contributed by atoms with E-state index in [2.05, 4.69) is 140 Å². The molecule has 202 valence electrons. The standard InChI is InChI=1S/C30H42BSi.C4H12N/c1-4-7-25-31(26-8-5-2,27-9-6-3)32(28-19-13-10-14-20-28,29-21-15-11-16-22-29)30-23-17-12-18-24-30;1-5(2,3)4/h10-24H,4-9,25-27H2,1-3H3;1-4H3/q-1;+1. The van der Waals surface area contributed by atoms with E-state index in [-0.39, 0.29) is 0 Å². The van der Waals surface area contributed by atoms with Crippen molar-refractivity contribution in [3.05, 3.63) is 91.0 Å². The van der Waals surface area contributed by atoms with Gasteiger partial charge < -0.3 is 4.48 Å². The van der Waals surface area contributed by atoms with Gasteiger partial charge in [0, 0.05) is 13.7 Å². The summed E-state index contributed by atoms with van der Waals surface area (Å²) >= 11 is 0. The summed E-state index contributed by atoms with van der Waals surface area (Å²) < 4.78 is 1.00. The molecule has 0 N–H and O–H groups in total. The van der Waals surface area contributed by atoms with Crippen molar-refractivity contribution in [1.29, 1.82) is 0 Å². The Kier molecular flexibility index (Phi) is 12.9. The van der Waals surface area contributed by atoms with Gasteiger partial charge in [0.25, 0.3) is 0 Å². The number of hydrogen-bond acceptors (Lipinski definition) is 0. The topological polar surface area (TPSA) is 0 Å². The molecule has 3 heteroatoms. The SMILES string of the molecule is CCCC[B-](CCCC)(CCCC)[Si](c1ccccc1)(c1ccccc1)c1ccccc1.C[N+](C)(C)C. The van der Waals surface area contributed by atoms with Crippen LogP contribution >= 0.6 is 0 Å². The van der Waals surface area contributed by atoms with E-state index in [1.165, 1.54) is 57.5 Å². The molecule has 0 fully saturated rings. The lowest BCUT2D eigenvalue weighted by atomic mass is 9.38. The predicted octanol–water partition coefficient (Wildman–Crippen LogP) is 7.41. The molecule has 0 amide bonds. The number of unbranched alkanes of at least 4 members (excludes halogenated alkanes) is 3. The van der Waals surface area contributed by atoms with E-state index in [1.807, 2.05) is 0 Å². The third-order valence-electron chi connectivity index (χ3n) is 7.94. The zero-order valence-corrected chi connectivity index (χ0v) is 26.0. The van der Waals surface area contributed by atoms with Gasteiger partial charge in [-0.15, -0.1) is 0 Å². The summed E-state index contributed by atoms with van der Waals surface area (Å²) in [5.41, 5.74) is -0.600. The Morgan fingerprint density at radius 1 is 0.486 bits per heavy atom. The third kappa shape index (κ3) is 8.45. The van der Waals surface area contributed by atoms with Crippen LogP contribution in [-0.4, -0.2) is 46.4 Å². The minimum absolute atomic E-state index is 0.600. The monoisotopic (exact) mass is 515 g/mol. The maximum atomic E-state index is 2.46. The third-order valence-corrected chi connectivity index (χ3v) is 14.4. The normalized spacial score (nSPS) is 12.1. The van der Waals surface area contributed by atoms with E-state index in [9.17, 15) is 0 Å². The lowest BCUT2D eigenvalue weighted by Gasteiger charge is -2.57. The quantitative estimate of drug-likeness (QED) is 0.126. The van der Waals surface area contributed by atoms with Gasteiger partial charge in [-0.1, -0.05) is 166 Å². The zero-order valence-electron chi connectivity index (χ0n) is 25.0. The number of quaternary nitrogens is 1. The Bertz CT molecular complexity index is 858. The first-order chi connectivity index (χ1) is 17.7. The first kappa shape index (κ1) is 31.1. The molecular formula is C34H54BNSi. The van der Waals surface area contributed by atoms with Crippen LogP contribution in [0.25, 0.3) is 0 Å². The molecule has 0 bridgehead atoms. The van der Waals surface area contributed by atoms with Crippen molar-refractivity contribution in [2.75, 3.05) is 28.2 Å². The fourth-order valence-corrected chi connectivity index (χ4v) is 13.7. The minimum Gasteiger partial charge on any atom is -0.333 e. The van der Waals surface area contributed by atoms with Crippen molar-refractivity contribution < 1.29 is 4.48 Å². The number of hydrogen-bond donors (Lipinski definition) is 0. The number of nitrogens with zero attached hydrogens (tertiary/aromatic N) is 1. The van der Waals surface area contributed by atoms with Crippen LogP contribution in [-0.2, 0) is 0 Å². The molecule has 3 aromatic carbocycles. The van der Waals surface area contributed by atoms with Crippen LogP contribution in [0.4, 0.5) is 0 Å². The Labute approximate surface area is 230 Å². The molecule has 0 unspecified atom stereocenters. The second-order valence-corrected chi connectivity index (χ2v) is 17.1. The smallest absolute Gasteiger partial charge is 0.0675 e. The Balaban J connectivity index is 0.000000877. The first-order valence-electron chi connectivity index (χ1n) is 14.9. The first-order valence-corrected chi connectivity index (χ1v) is 17.0. The summed E-state index contributed by atoms with van der Waals surface area (Å²) in [6, 6.07) is 35.1. The summed E-state index contributed by atoms with van der Waals surface area (Å²) in [6.45, 7) is 7.12. The van der Waals surface area contributed by atoms with Crippen molar-refractivity contribution in [3.63, 3.8) is 0 Å².